The van der Waals surface area contributed by atoms with Crippen LogP contribution in [0.2, 0.25) is 5.02 Å². The first-order chi connectivity index (χ1) is 9.61. The van der Waals surface area contributed by atoms with Crippen LogP contribution in [0.25, 0.3) is 0 Å². The summed E-state index contributed by atoms with van der Waals surface area (Å²) in [6.45, 7) is 5.88. The van der Waals surface area contributed by atoms with Crippen LogP contribution in [-0.2, 0) is 17.8 Å². The smallest absolute Gasteiger partial charge is 0.236 e. The number of fused-ring (bicyclic) bond motifs is 1. The standard InChI is InChI=1S/C15H21ClN2O2/c1-3-5-17-15(19)10(2)18-9-12-8-13(16)7-11-4-6-20-14(11)12/h7-8,10,18H,3-6,9H2,1-2H3,(H,17,19). The maximum absolute atomic E-state index is 11.8. The van der Waals surface area contributed by atoms with E-state index in [-0.39, 0.29) is 11.9 Å². The molecule has 0 bridgehead atoms. The predicted octanol–water partition coefficient (Wildman–Crippen LogP) is 2.28. The normalized spacial score (nSPS) is 14.6. The van der Waals surface area contributed by atoms with Gasteiger partial charge in [-0.25, -0.2) is 0 Å². The predicted molar refractivity (Wildman–Crippen MR) is 80.3 cm³/mol. The molecule has 1 heterocycles. The van der Waals surface area contributed by atoms with E-state index >= 15 is 0 Å². The van der Waals surface area contributed by atoms with E-state index in [4.69, 9.17) is 16.3 Å². The number of hydrogen-bond donors (Lipinski definition) is 2. The minimum Gasteiger partial charge on any atom is -0.493 e. The number of ether oxygens (including phenoxy) is 1. The van der Waals surface area contributed by atoms with Gasteiger partial charge >= 0.3 is 0 Å². The van der Waals surface area contributed by atoms with Crippen molar-refractivity contribution in [3.05, 3.63) is 28.3 Å². The molecular formula is C15H21ClN2O2. The van der Waals surface area contributed by atoms with Gasteiger partial charge in [0.25, 0.3) is 0 Å². The number of hydrogen-bond acceptors (Lipinski definition) is 3. The molecule has 0 fully saturated rings. The van der Waals surface area contributed by atoms with Gasteiger partial charge in [-0.15, -0.1) is 0 Å². The van der Waals surface area contributed by atoms with Gasteiger partial charge in [-0.3, -0.25) is 4.79 Å². The summed E-state index contributed by atoms with van der Waals surface area (Å²) in [6, 6.07) is 3.61. The highest BCUT2D eigenvalue weighted by molar-refractivity contribution is 6.30. The third kappa shape index (κ3) is 3.64. The summed E-state index contributed by atoms with van der Waals surface area (Å²) < 4.78 is 5.64. The lowest BCUT2D eigenvalue weighted by Crippen LogP contribution is -2.42. The van der Waals surface area contributed by atoms with Gasteiger partial charge in [-0.05, 0) is 31.0 Å². The van der Waals surface area contributed by atoms with Crippen LogP contribution in [0.1, 0.15) is 31.4 Å². The number of nitrogens with one attached hydrogen (secondary N) is 2. The molecule has 20 heavy (non-hydrogen) atoms. The molecule has 110 valence electrons. The van der Waals surface area contributed by atoms with Gasteiger partial charge in [0.2, 0.25) is 5.91 Å². The lowest BCUT2D eigenvalue weighted by Gasteiger charge is -2.15. The third-order valence-corrected chi connectivity index (χ3v) is 3.58. The van der Waals surface area contributed by atoms with Crippen LogP contribution in [0.4, 0.5) is 0 Å². The zero-order chi connectivity index (χ0) is 14.5. The highest BCUT2D eigenvalue weighted by Crippen LogP contribution is 2.32. The van der Waals surface area contributed by atoms with E-state index in [2.05, 4.69) is 10.6 Å². The molecule has 5 heteroatoms. The first kappa shape index (κ1) is 15.1. The maximum Gasteiger partial charge on any atom is 0.236 e. The highest BCUT2D eigenvalue weighted by atomic mass is 35.5. The van der Waals surface area contributed by atoms with E-state index in [1.165, 1.54) is 0 Å². The van der Waals surface area contributed by atoms with Crippen molar-refractivity contribution in [2.75, 3.05) is 13.2 Å². The molecule has 0 saturated heterocycles. The van der Waals surface area contributed by atoms with Gasteiger partial charge in [-0.2, -0.15) is 0 Å². The van der Waals surface area contributed by atoms with Gasteiger partial charge in [-0.1, -0.05) is 18.5 Å². The Morgan fingerprint density at radius 2 is 2.30 bits per heavy atom. The van der Waals surface area contributed by atoms with Gasteiger partial charge in [0.1, 0.15) is 5.75 Å². The van der Waals surface area contributed by atoms with E-state index in [0.717, 1.165) is 29.7 Å². The van der Waals surface area contributed by atoms with Crippen LogP contribution in [0.5, 0.6) is 5.75 Å². The molecule has 1 aliphatic heterocycles. The van der Waals surface area contributed by atoms with Crippen molar-refractivity contribution in [2.45, 2.75) is 39.3 Å². The fourth-order valence-corrected chi connectivity index (χ4v) is 2.50. The van der Waals surface area contributed by atoms with Crippen molar-refractivity contribution in [1.82, 2.24) is 10.6 Å². The number of halogens is 1. The Labute approximate surface area is 124 Å². The van der Waals surface area contributed by atoms with Crippen LogP contribution in [0.3, 0.4) is 0 Å². The number of rotatable bonds is 6. The summed E-state index contributed by atoms with van der Waals surface area (Å²) in [5.41, 5.74) is 2.16. The van der Waals surface area contributed by atoms with Crippen molar-refractivity contribution in [1.29, 1.82) is 0 Å². The van der Waals surface area contributed by atoms with Crippen molar-refractivity contribution in [3.8, 4) is 5.75 Å². The summed E-state index contributed by atoms with van der Waals surface area (Å²) in [5, 5.41) is 6.80. The molecule has 1 aromatic carbocycles. The summed E-state index contributed by atoms with van der Waals surface area (Å²) >= 11 is 6.11. The maximum atomic E-state index is 11.8. The molecule has 0 aromatic heterocycles. The molecule has 4 nitrogen and oxygen atoms in total. The highest BCUT2D eigenvalue weighted by Gasteiger charge is 2.19. The molecule has 1 unspecified atom stereocenters. The van der Waals surface area contributed by atoms with Crippen molar-refractivity contribution in [3.63, 3.8) is 0 Å². The Bertz CT molecular complexity index is 491. The van der Waals surface area contributed by atoms with Crippen LogP contribution < -0.4 is 15.4 Å². The molecule has 1 aromatic rings. The molecule has 1 atom stereocenters. The lowest BCUT2D eigenvalue weighted by molar-refractivity contribution is -0.122. The van der Waals surface area contributed by atoms with Crippen molar-refractivity contribution >= 4 is 17.5 Å². The minimum absolute atomic E-state index is 0.0199. The second-order valence-electron chi connectivity index (χ2n) is 5.05. The molecule has 2 rings (SSSR count). The summed E-state index contributed by atoms with van der Waals surface area (Å²) in [6.07, 6.45) is 1.84. The zero-order valence-corrected chi connectivity index (χ0v) is 12.7. The van der Waals surface area contributed by atoms with E-state index in [1.807, 2.05) is 26.0 Å². The fourth-order valence-electron chi connectivity index (χ4n) is 2.23. The molecular weight excluding hydrogens is 276 g/mol. The Morgan fingerprint density at radius 1 is 1.50 bits per heavy atom. The molecule has 1 amide bonds. The van der Waals surface area contributed by atoms with Crippen molar-refractivity contribution in [2.24, 2.45) is 0 Å². The molecule has 0 radical (unpaired) electrons. The van der Waals surface area contributed by atoms with Crippen LogP contribution in [0.15, 0.2) is 12.1 Å². The Balaban J connectivity index is 1.96. The molecule has 0 saturated carbocycles. The number of carbonyl (C=O) groups is 1. The van der Waals surface area contributed by atoms with Gasteiger partial charge in [0.05, 0.1) is 12.6 Å². The topological polar surface area (TPSA) is 50.4 Å². The lowest BCUT2D eigenvalue weighted by atomic mass is 10.1. The fraction of sp³-hybridized carbons (Fsp3) is 0.533. The van der Waals surface area contributed by atoms with Gasteiger partial charge < -0.3 is 15.4 Å². The molecule has 1 aliphatic rings. The average molecular weight is 297 g/mol. The van der Waals surface area contributed by atoms with E-state index in [0.29, 0.717) is 24.7 Å². The average Bonchev–Trinajstić information content (AvgIpc) is 2.89. The summed E-state index contributed by atoms with van der Waals surface area (Å²) in [4.78, 5) is 11.8. The summed E-state index contributed by atoms with van der Waals surface area (Å²) in [5.74, 6) is 0.939. The SMILES string of the molecule is CCCNC(=O)C(C)NCc1cc(Cl)cc2c1OCC2. The van der Waals surface area contributed by atoms with E-state index < -0.39 is 0 Å². The monoisotopic (exact) mass is 296 g/mol. The quantitative estimate of drug-likeness (QED) is 0.847. The van der Waals surface area contributed by atoms with Crippen molar-refractivity contribution < 1.29 is 9.53 Å². The van der Waals surface area contributed by atoms with Gasteiger partial charge in [0.15, 0.2) is 0 Å². The number of amides is 1. The Kier molecular flexibility index (Phi) is 5.26. The van der Waals surface area contributed by atoms with E-state index in [1.54, 1.807) is 0 Å². The number of benzene rings is 1. The summed E-state index contributed by atoms with van der Waals surface area (Å²) in [7, 11) is 0. The first-order valence-corrected chi connectivity index (χ1v) is 7.44. The second kappa shape index (κ2) is 6.95. The number of carbonyl (C=O) groups excluding carboxylic acids is 1. The van der Waals surface area contributed by atoms with Crippen LogP contribution in [0, 0.1) is 0 Å². The zero-order valence-electron chi connectivity index (χ0n) is 12.0. The Morgan fingerprint density at radius 3 is 3.05 bits per heavy atom. The Hall–Kier alpha value is -1.26. The van der Waals surface area contributed by atoms with E-state index in [9.17, 15) is 4.79 Å². The second-order valence-corrected chi connectivity index (χ2v) is 5.48. The largest absolute Gasteiger partial charge is 0.493 e. The third-order valence-electron chi connectivity index (χ3n) is 3.37. The molecule has 0 spiro atoms. The van der Waals surface area contributed by atoms with Gasteiger partial charge in [0, 0.05) is 30.1 Å². The minimum atomic E-state index is -0.238. The van der Waals surface area contributed by atoms with Crippen LogP contribution in [-0.4, -0.2) is 25.1 Å². The molecule has 0 aliphatic carbocycles. The van der Waals surface area contributed by atoms with Crippen LogP contribution >= 0.6 is 11.6 Å². The first-order valence-electron chi connectivity index (χ1n) is 7.07. The molecule has 2 N–H and O–H groups in total.